The van der Waals surface area contributed by atoms with E-state index in [0.717, 1.165) is 16.5 Å². The first-order valence-corrected chi connectivity index (χ1v) is 9.27. The van der Waals surface area contributed by atoms with Crippen LogP contribution in [0.1, 0.15) is 40.3 Å². The van der Waals surface area contributed by atoms with Crippen LogP contribution in [0.5, 0.6) is 0 Å². The van der Waals surface area contributed by atoms with E-state index in [2.05, 4.69) is 26.4 Å². The highest BCUT2D eigenvalue weighted by atomic mass is 19.4. The van der Waals surface area contributed by atoms with Gasteiger partial charge in [0.25, 0.3) is 11.6 Å². The highest BCUT2D eigenvalue weighted by Crippen LogP contribution is 2.27. The number of fused-ring (bicyclic) bond motifs is 1. The van der Waals surface area contributed by atoms with Gasteiger partial charge in [0, 0.05) is 24.4 Å². The molecule has 6 nitrogen and oxygen atoms in total. The Morgan fingerprint density at radius 1 is 1.14 bits per heavy atom. The highest BCUT2D eigenvalue weighted by molar-refractivity contribution is 5.76. The average Bonchev–Trinajstić information content (AvgIpc) is 3.06. The maximum absolute atomic E-state index is 12.9. The minimum Gasteiger partial charge on any atom is -0.356 e. The van der Waals surface area contributed by atoms with Crippen molar-refractivity contribution < 1.29 is 18.0 Å². The largest absolute Gasteiger partial charge is 0.453 e. The Labute approximate surface area is 166 Å². The topological polar surface area (TPSA) is 72.2 Å². The number of nitrogens with zero attached hydrogens (tertiary/aromatic N) is 4. The fraction of sp³-hybridized carbons (Fsp3) is 0.400. The quantitative estimate of drug-likeness (QED) is 0.683. The van der Waals surface area contributed by atoms with Crippen LogP contribution in [0.15, 0.2) is 24.3 Å². The number of halogens is 3. The molecule has 1 N–H and O–H groups in total. The van der Waals surface area contributed by atoms with E-state index in [9.17, 15) is 18.0 Å². The van der Waals surface area contributed by atoms with E-state index in [1.54, 1.807) is 13.8 Å². The molecule has 0 radical (unpaired) electrons. The summed E-state index contributed by atoms with van der Waals surface area (Å²) in [5.74, 6) is -1.44. The zero-order chi connectivity index (χ0) is 21.2. The second-order valence-corrected chi connectivity index (χ2v) is 7.00. The Bertz CT molecular complexity index is 1040. The van der Waals surface area contributed by atoms with E-state index in [1.165, 1.54) is 5.56 Å². The van der Waals surface area contributed by atoms with Crippen LogP contribution >= 0.6 is 0 Å². The lowest BCUT2D eigenvalue weighted by molar-refractivity contribution is -0.144. The molecule has 29 heavy (non-hydrogen) atoms. The van der Waals surface area contributed by atoms with Crippen LogP contribution in [0.2, 0.25) is 0 Å². The maximum atomic E-state index is 12.9. The Hall–Kier alpha value is -2.97. The van der Waals surface area contributed by atoms with Crippen molar-refractivity contribution in [2.75, 3.05) is 6.54 Å². The number of rotatable bonds is 6. The molecule has 0 saturated heterocycles. The lowest BCUT2D eigenvalue weighted by atomic mass is 10.1. The van der Waals surface area contributed by atoms with Gasteiger partial charge in [0.15, 0.2) is 0 Å². The third kappa shape index (κ3) is 4.90. The van der Waals surface area contributed by atoms with Crippen LogP contribution in [0.25, 0.3) is 5.78 Å². The molecule has 0 aliphatic rings. The van der Waals surface area contributed by atoms with Gasteiger partial charge >= 0.3 is 6.18 Å². The SMILES string of the molecule is Cc1cccc(CCNC(=O)CCc2c(C)nc3nc(C(F)(F)F)nn3c2C)c1. The van der Waals surface area contributed by atoms with Crippen LogP contribution in [-0.4, -0.2) is 32.0 Å². The molecule has 0 aliphatic heterocycles. The van der Waals surface area contributed by atoms with E-state index in [1.807, 2.05) is 25.1 Å². The van der Waals surface area contributed by atoms with Gasteiger partial charge in [-0.1, -0.05) is 29.8 Å². The van der Waals surface area contributed by atoms with Crippen LogP contribution in [0.4, 0.5) is 13.2 Å². The Morgan fingerprint density at radius 2 is 1.90 bits per heavy atom. The van der Waals surface area contributed by atoms with Crippen LogP contribution in [0.3, 0.4) is 0 Å². The summed E-state index contributed by atoms with van der Waals surface area (Å²) < 4.78 is 39.7. The van der Waals surface area contributed by atoms with E-state index in [4.69, 9.17) is 0 Å². The van der Waals surface area contributed by atoms with E-state index in [0.29, 0.717) is 29.9 Å². The Kier molecular flexibility index (Phi) is 5.86. The summed E-state index contributed by atoms with van der Waals surface area (Å²) in [6.07, 6.45) is -3.33. The number of aromatic nitrogens is 4. The van der Waals surface area contributed by atoms with Crippen molar-refractivity contribution in [1.29, 1.82) is 0 Å². The molecule has 0 aliphatic carbocycles. The van der Waals surface area contributed by atoms with Gasteiger partial charge in [-0.15, -0.1) is 5.10 Å². The van der Waals surface area contributed by atoms with Crippen molar-refractivity contribution >= 4 is 11.7 Å². The summed E-state index contributed by atoms with van der Waals surface area (Å²) in [5.41, 5.74) is 4.07. The molecule has 0 atom stereocenters. The first-order valence-electron chi connectivity index (χ1n) is 9.27. The van der Waals surface area contributed by atoms with Crippen molar-refractivity contribution in [1.82, 2.24) is 24.9 Å². The fourth-order valence-corrected chi connectivity index (χ4v) is 3.23. The number of hydrogen-bond acceptors (Lipinski definition) is 4. The number of aryl methyl sites for hydroxylation is 3. The van der Waals surface area contributed by atoms with Crippen molar-refractivity contribution in [3.8, 4) is 0 Å². The van der Waals surface area contributed by atoms with Crippen LogP contribution in [-0.2, 0) is 23.8 Å². The predicted molar refractivity (Wildman–Crippen MR) is 101 cm³/mol. The van der Waals surface area contributed by atoms with Gasteiger partial charge in [-0.2, -0.15) is 18.2 Å². The van der Waals surface area contributed by atoms with E-state index < -0.39 is 12.0 Å². The molecular formula is C20H22F3N5O. The summed E-state index contributed by atoms with van der Waals surface area (Å²) in [6.45, 7) is 5.89. The minimum absolute atomic E-state index is 0.0984. The van der Waals surface area contributed by atoms with Crippen LogP contribution < -0.4 is 5.32 Å². The third-order valence-electron chi connectivity index (χ3n) is 4.72. The first kappa shape index (κ1) is 20.8. The molecule has 0 bridgehead atoms. The summed E-state index contributed by atoms with van der Waals surface area (Å²) in [5, 5.41) is 6.40. The summed E-state index contributed by atoms with van der Waals surface area (Å²) >= 11 is 0. The molecule has 3 aromatic rings. The van der Waals surface area contributed by atoms with Crippen molar-refractivity contribution in [2.45, 2.75) is 46.2 Å². The third-order valence-corrected chi connectivity index (χ3v) is 4.72. The number of benzene rings is 1. The van der Waals surface area contributed by atoms with Gasteiger partial charge in [-0.3, -0.25) is 4.79 Å². The molecule has 2 heterocycles. The zero-order valence-corrected chi connectivity index (χ0v) is 16.5. The Balaban J connectivity index is 1.63. The van der Waals surface area contributed by atoms with Gasteiger partial charge in [0.2, 0.25) is 5.91 Å². The Morgan fingerprint density at radius 3 is 2.59 bits per heavy atom. The molecule has 3 rings (SSSR count). The normalized spacial score (nSPS) is 11.8. The maximum Gasteiger partial charge on any atom is 0.453 e. The number of carbonyl (C=O) groups is 1. The minimum atomic E-state index is -4.63. The van der Waals surface area contributed by atoms with Gasteiger partial charge < -0.3 is 5.32 Å². The number of carbonyl (C=O) groups excluding carboxylic acids is 1. The monoisotopic (exact) mass is 405 g/mol. The van der Waals surface area contributed by atoms with Crippen molar-refractivity contribution in [2.24, 2.45) is 0 Å². The van der Waals surface area contributed by atoms with E-state index in [-0.39, 0.29) is 18.1 Å². The van der Waals surface area contributed by atoms with Gasteiger partial charge in [-0.05, 0) is 44.7 Å². The molecule has 154 valence electrons. The number of nitrogens with one attached hydrogen (secondary N) is 1. The van der Waals surface area contributed by atoms with Gasteiger partial charge in [-0.25, -0.2) is 9.50 Å². The molecule has 0 fully saturated rings. The number of amides is 1. The first-order chi connectivity index (χ1) is 13.6. The van der Waals surface area contributed by atoms with Gasteiger partial charge in [0.05, 0.1) is 0 Å². The fourth-order valence-electron chi connectivity index (χ4n) is 3.23. The standard InChI is InChI=1S/C20H22F3N5O/c1-12-5-4-6-15(11-12)9-10-24-17(29)8-7-16-13(2)25-19-26-18(20(21,22)23)27-28(19)14(16)3/h4-6,11H,7-10H2,1-3H3,(H,24,29). The molecule has 0 unspecified atom stereocenters. The summed E-state index contributed by atoms with van der Waals surface area (Å²) in [7, 11) is 0. The second-order valence-electron chi connectivity index (χ2n) is 7.00. The molecule has 0 spiro atoms. The van der Waals surface area contributed by atoms with Gasteiger partial charge in [0.1, 0.15) is 0 Å². The summed E-state index contributed by atoms with van der Waals surface area (Å²) in [4.78, 5) is 19.8. The highest BCUT2D eigenvalue weighted by Gasteiger charge is 2.36. The smallest absolute Gasteiger partial charge is 0.356 e. The molecule has 1 amide bonds. The lowest BCUT2D eigenvalue weighted by Crippen LogP contribution is -2.26. The molecule has 9 heteroatoms. The predicted octanol–water partition coefficient (Wildman–Crippen LogP) is 3.36. The van der Waals surface area contributed by atoms with E-state index >= 15 is 0 Å². The molecule has 2 aromatic heterocycles. The zero-order valence-electron chi connectivity index (χ0n) is 16.5. The number of alkyl halides is 3. The molecule has 0 saturated carbocycles. The number of hydrogen-bond donors (Lipinski definition) is 1. The molecular weight excluding hydrogens is 383 g/mol. The average molecular weight is 405 g/mol. The summed E-state index contributed by atoms with van der Waals surface area (Å²) in [6, 6.07) is 8.09. The lowest BCUT2D eigenvalue weighted by Gasteiger charge is -2.10. The molecule has 1 aromatic carbocycles. The second kappa shape index (κ2) is 8.18. The van der Waals surface area contributed by atoms with Crippen molar-refractivity contribution in [3.63, 3.8) is 0 Å². The van der Waals surface area contributed by atoms with Crippen LogP contribution in [0, 0.1) is 20.8 Å². The van der Waals surface area contributed by atoms with Crippen molar-refractivity contribution in [3.05, 3.63) is 58.2 Å².